The molecule has 4 nitrogen and oxygen atoms in total. The van der Waals surface area contributed by atoms with Crippen molar-refractivity contribution in [3.63, 3.8) is 0 Å². The van der Waals surface area contributed by atoms with Crippen LogP contribution in [0.2, 0.25) is 5.02 Å². The quantitative estimate of drug-likeness (QED) is 0.457. The summed E-state index contributed by atoms with van der Waals surface area (Å²) in [5, 5.41) is 2.79. The van der Waals surface area contributed by atoms with Gasteiger partial charge in [-0.1, -0.05) is 39.7 Å². The molecule has 7 heteroatoms. The number of carbonyl (C=O) groups is 1. The lowest BCUT2D eigenvalue weighted by molar-refractivity contribution is -0.118. The minimum atomic E-state index is -0.511. The van der Waals surface area contributed by atoms with Crippen molar-refractivity contribution in [2.24, 2.45) is 4.99 Å². The third-order valence-electron chi connectivity index (χ3n) is 3.65. The van der Waals surface area contributed by atoms with E-state index in [1.54, 1.807) is 36.5 Å². The van der Waals surface area contributed by atoms with Gasteiger partial charge in [0.2, 0.25) is 0 Å². The molecule has 0 saturated heterocycles. The van der Waals surface area contributed by atoms with Gasteiger partial charge in [0.1, 0.15) is 11.6 Å². The fraction of sp³-hybridized carbons (Fsp3) is 0.0476. The zero-order valence-corrected chi connectivity index (χ0v) is 16.9. The number of amides is 1. The fourth-order valence-corrected chi connectivity index (χ4v) is 2.79. The molecule has 0 spiro atoms. The second-order valence-corrected chi connectivity index (χ2v) is 7.06. The molecule has 0 unspecified atom stereocenters. The molecule has 0 bridgehead atoms. The zero-order valence-electron chi connectivity index (χ0n) is 14.5. The Balaban J connectivity index is 1.58. The molecular formula is C21H15BrClFN2O2. The fourth-order valence-electron chi connectivity index (χ4n) is 2.28. The Hall–Kier alpha value is -2.70. The van der Waals surface area contributed by atoms with Crippen LogP contribution in [0.15, 0.2) is 76.2 Å². The Morgan fingerprint density at radius 2 is 1.89 bits per heavy atom. The van der Waals surface area contributed by atoms with Crippen LogP contribution in [0.4, 0.5) is 15.8 Å². The molecule has 0 aliphatic carbocycles. The highest BCUT2D eigenvalue weighted by Crippen LogP contribution is 2.25. The Bertz CT molecular complexity index is 1010. The van der Waals surface area contributed by atoms with Gasteiger partial charge in [0.15, 0.2) is 6.61 Å². The van der Waals surface area contributed by atoms with Crippen molar-refractivity contribution in [1.82, 2.24) is 0 Å². The summed E-state index contributed by atoms with van der Waals surface area (Å²) in [6.45, 7) is -0.291. The Morgan fingerprint density at radius 3 is 2.61 bits per heavy atom. The van der Waals surface area contributed by atoms with Crippen LogP contribution in [0.1, 0.15) is 5.56 Å². The van der Waals surface area contributed by atoms with Crippen molar-refractivity contribution in [2.45, 2.75) is 0 Å². The Labute approximate surface area is 175 Å². The first-order valence-corrected chi connectivity index (χ1v) is 9.45. The van der Waals surface area contributed by atoms with E-state index in [9.17, 15) is 9.18 Å². The van der Waals surface area contributed by atoms with E-state index in [4.69, 9.17) is 16.3 Å². The van der Waals surface area contributed by atoms with Crippen LogP contribution in [0.3, 0.4) is 0 Å². The molecule has 0 aliphatic rings. The molecule has 142 valence electrons. The maximum atomic E-state index is 13.5. The Kier molecular flexibility index (Phi) is 6.79. The summed E-state index contributed by atoms with van der Waals surface area (Å²) in [6, 6.07) is 18.6. The molecule has 1 N–H and O–H groups in total. The number of ether oxygens (including phenoxy) is 1. The van der Waals surface area contributed by atoms with Crippen molar-refractivity contribution in [2.75, 3.05) is 11.9 Å². The lowest BCUT2D eigenvalue weighted by Crippen LogP contribution is -2.20. The zero-order chi connectivity index (χ0) is 19.9. The smallest absolute Gasteiger partial charge is 0.262 e. The largest absolute Gasteiger partial charge is 0.482 e. The number of benzene rings is 3. The van der Waals surface area contributed by atoms with Gasteiger partial charge in [0, 0.05) is 10.7 Å². The highest BCUT2D eigenvalue weighted by atomic mass is 79.9. The second-order valence-electron chi connectivity index (χ2n) is 5.74. The molecule has 28 heavy (non-hydrogen) atoms. The SMILES string of the molecule is O=C(COc1ccc(C=Nc2ccc(Br)cc2)cc1Cl)Nc1ccccc1F. The van der Waals surface area contributed by atoms with Crippen molar-refractivity contribution in [3.05, 3.63) is 87.6 Å². The van der Waals surface area contributed by atoms with Gasteiger partial charge >= 0.3 is 0 Å². The number of para-hydroxylation sites is 1. The highest BCUT2D eigenvalue weighted by Gasteiger charge is 2.09. The van der Waals surface area contributed by atoms with E-state index < -0.39 is 11.7 Å². The van der Waals surface area contributed by atoms with Crippen molar-refractivity contribution in [3.8, 4) is 5.75 Å². The molecule has 3 aromatic carbocycles. The lowest BCUT2D eigenvalue weighted by atomic mass is 10.2. The van der Waals surface area contributed by atoms with E-state index >= 15 is 0 Å². The minimum Gasteiger partial charge on any atom is -0.482 e. The molecular weight excluding hydrogens is 447 g/mol. The van der Waals surface area contributed by atoms with E-state index in [2.05, 4.69) is 26.2 Å². The molecule has 0 fully saturated rings. The number of rotatable bonds is 6. The average Bonchev–Trinajstić information content (AvgIpc) is 2.68. The maximum absolute atomic E-state index is 13.5. The summed E-state index contributed by atoms with van der Waals surface area (Å²) in [4.78, 5) is 16.3. The number of hydrogen-bond acceptors (Lipinski definition) is 3. The minimum absolute atomic E-state index is 0.0988. The highest BCUT2D eigenvalue weighted by molar-refractivity contribution is 9.10. The number of aliphatic imine (C=N–C) groups is 1. The van der Waals surface area contributed by atoms with Gasteiger partial charge in [-0.15, -0.1) is 0 Å². The topological polar surface area (TPSA) is 50.7 Å². The molecule has 0 saturated carbocycles. The number of anilines is 1. The molecule has 0 aromatic heterocycles. The normalized spacial score (nSPS) is 10.8. The summed E-state index contributed by atoms with van der Waals surface area (Å²) >= 11 is 9.59. The summed E-state index contributed by atoms with van der Waals surface area (Å²) < 4.78 is 20.0. The van der Waals surface area contributed by atoms with Gasteiger partial charge in [0.25, 0.3) is 5.91 Å². The van der Waals surface area contributed by atoms with E-state index in [-0.39, 0.29) is 12.3 Å². The van der Waals surface area contributed by atoms with Gasteiger partial charge in [-0.05, 0) is 60.2 Å². The number of nitrogens with zero attached hydrogens (tertiary/aromatic N) is 1. The van der Waals surface area contributed by atoms with Gasteiger partial charge in [-0.2, -0.15) is 0 Å². The third kappa shape index (κ3) is 5.65. The van der Waals surface area contributed by atoms with Gasteiger partial charge in [-0.25, -0.2) is 4.39 Å². The van der Waals surface area contributed by atoms with Crippen molar-refractivity contribution < 1.29 is 13.9 Å². The summed E-state index contributed by atoms with van der Waals surface area (Å²) in [5.74, 6) is -0.642. The van der Waals surface area contributed by atoms with Crippen molar-refractivity contribution in [1.29, 1.82) is 0 Å². The average molecular weight is 462 g/mol. The second kappa shape index (κ2) is 9.48. The third-order valence-corrected chi connectivity index (χ3v) is 4.48. The molecule has 3 aromatic rings. The van der Waals surface area contributed by atoms with Gasteiger partial charge < -0.3 is 10.1 Å². The molecule has 1 amide bonds. The Morgan fingerprint density at radius 1 is 1.14 bits per heavy atom. The first-order chi connectivity index (χ1) is 13.5. The monoisotopic (exact) mass is 460 g/mol. The van der Waals surface area contributed by atoms with Gasteiger partial charge in [0.05, 0.1) is 16.4 Å². The number of hydrogen-bond donors (Lipinski definition) is 1. The summed E-state index contributed by atoms with van der Waals surface area (Å²) in [5.41, 5.74) is 1.70. The molecule has 0 heterocycles. The standard InChI is InChI=1S/C21H15BrClFN2O2/c22-15-6-8-16(9-7-15)25-12-14-5-10-20(17(23)11-14)28-13-21(27)26-19-4-2-1-3-18(19)24/h1-12H,13H2,(H,26,27). The van der Waals surface area contributed by atoms with Crippen LogP contribution in [0, 0.1) is 5.82 Å². The molecule has 0 atom stereocenters. The van der Waals surface area contributed by atoms with Crippen LogP contribution >= 0.6 is 27.5 Å². The first-order valence-electron chi connectivity index (χ1n) is 8.27. The van der Waals surface area contributed by atoms with Crippen LogP contribution in [0.5, 0.6) is 5.75 Å². The van der Waals surface area contributed by atoms with Crippen LogP contribution < -0.4 is 10.1 Å². The van der Waals surface area contributed by atoms with E-state index in [0.717, 1.165) is 15.7 Å². The van der Waals surface area contributed by atoms with E-state index in [1.807, 2.05) is 24.3 Å². The molecule has 0 aliphatic heterocycles. The maximum Gasteiger partial charge on any atom is 0.262 e. The number of halogens is 3. The lowest BCUT2D eigenvalue weighted by Gasteiger charge is -2.09. The molecule has 3 rings (SSSR count). The predicted molar refractivity (Wildman–Crippen MR) is 113 cm³/mol. The number of nitrogens with one attached hydrogen (secondary N) is 1. The van der Waals surface area contributed by atoms with Crippen LogP contribution in [-0.2, 0) is 4.79 Å². The summed E-state index contributed by atoms with van der Waals surface area (Å²) in [7, 11) is 0. The van der Waals surface area contributed by atoms with Gasteiger partial charge in [-0.3, -0.25) is 9.79 Å². The van der Waals surface area contributed by atoms with E-state index in [0.29, 0.717) is 10.8 Å². The predicted octanol–water partition coefficient (Wildman–Crippen LogP) is 6.01. The van der Waals surface area contributed by atoms with Crippen molar-refractivity contribution >= 4 is 51.0 Å². The van der Waals surface area contributed by atoms with Crippen LogP contribution in [-0.4, -0.2) is 18.7 Å². The first kappa shape index (κ1) is 20.0. The number of carbonyl (C=O) groups excluding carboxylic acids is 1. The molecule has 0 radical (unpaired) electrons. The van der Waals surface area contributed by atoms with Crippen LogP contribution in [0.25, 0.3) is 0 Å². The summed E-state index contributed by atoms with van der Waals surface area (Å²) in [6.07, 6.45) is 1.68. The van der Waals surface area contributed by atoms with E-state index in [1.165, 1.54) is 12.1 Å².